The van der Waals surface area contributed by atoms with Gasteiger partial charge in [0.25, 0.3) is 0 Å². The van der Waals surface area contributed by atoms with E-state index in [1.807, 2.05) is 0 Å². The van der Waals surface area contributed by atoms with E-state index in [9.17, 15) is 9.90 Å². The highest BCUT2D eigenvalue weighted by atomic mass is 79.9. The number of aliphatic hydroxyl groups excluding tert-OH is 1. The molecule has 2 unspecified atom stereocenters. The summed E-state index contributed by atoms with van der Waals surface area (Å²) in [7, 11) is 0. The molecule has 114 valence electrons. The van der Waals surface area contributed by atoms with Crippen molar-refractivity contribution in [2.75, 3.05) is 13.1 Å². The summed E-state index contributed by atoms with van der Waals surface area (Å²) < 4.78 is 0.655. The summed E-state index contributed by atoms with van der Waals surface area (Å²) in [5.41, 5.74) is 6.45. The maximum Gasteiger partial charge on any atom is 0.242 e. The number of carbonyl (C=O) groups is 1. The number of nitrogens with two attached hydrogens (primary N) is 1. The Morgan fingerprint density at radius 1 is 1.40 bits per heavy atom. The van der Waals surface area contributed by atoms with Gasteiger partial charge in [-0.2, -0.15) is 0 Å². The zero-order chi connectivity index (χ0) is 13.1. The lowest BCUT2D eigenvalue weighted by Crippen LogP contribution is -2.46. The van der Waals surface area contributed by atoms with Gasteiger partial charge in [0, 0.05) is 30.0 Å². The first-order chi connectivity index (χ1) is 8.61. The maximum absolute atomic E-state index is 12.1. The van der Waals surface area contributed by atoms with E-state index in [4.69, 9.17) is 5.73 Å². The Hall–Kier alpha value is -0.400. The fourth-order valence-electron chi connectivity index (χ4n) is 2.10. The van der Waals surface area contributed by atoms with Crippen LogP contribution in [0.1, 0.15) is 24.5 Å². The van der Waals surface area contributed by atoms with Gasteiger partial charge in [0.2, 0.25) is 5.91 Å². The van der Waals surface area contributed by atoms with Crippen LogP contribution in [0.4, 0.5) is 0 Å². The molecule has 5 nitrogen and oxygen atoms in total. The molecule has 2 heterocycles. The molecule has 0 aliphatic carbocycles. The smallest absolute Gasteiger partial charge is 0.242 e. The van der Waals surface area contributed by atoms with E-state index < -0.39 is 12.1 Å². The first kappa shape index (κ1) is 19.6. The molecule has 0 bridgehead atoms. The molecule has 1 saturated heterocycles. The molecule has 2 rings (SSSR count). The lowest BCUT2D eigenvalue weighted by molar-refractivity contribution is -0.134. The van der Waals surface area contributed by atoms with Crippen LogP contribution in [-0.4, -0.2) is 40.0 Å². The molecular formula is C12H18BrCl2N3O2. The predicted molar refractivity (Wildman–Crippen MR) is 85.2 cm³/mol. The van der Waals surface area contributed by atoms with Crippen LogP contribution in [0, 0.1) is 0 Å². The molecule has 8 heteroatoms. The third-order valence-electron chi connectivity index (χ3n) is 3.17. The van der Waals surface area contributed by atoms with Gasteiger partial charge < -0.3 is 15.7 Å². The van der Waals surface area contributed by atoms with Crippen molar-refractivity contribution >= 4 is 46.7 Å². The standard InChI is InChI=1S/C12H16BrN3O2.2ClH/c13-9-7-15-4-3-8(9)11(17)10(14)12(18)16-5-1-2-6-16;;/h3-4,7,10-11,17H,1-2,5-6,14H2;2*1H. The Kier molecular flexibility index (Phi) is 8.62. The molecule has 2 atom stereocenters. The van der Waals surface area contributed by atoms with Crippen LogP contribution >= 0.6 is 40.7 Å². The number of hydrogen-bond acceptors (Lipinski definition) is 4. The molecule has 0 radical (unpaired) electrons. The fourth-order valence-corrected chi connectivity index (χ4v) is 2.59. The van der Waals surface area contributed by atoms with Crippen molar-refractivity contribution in [3.63, 3.8) is 0 Å². The first-order valence-electron chi connectivity index (χ1n) is 5.93. The summed E-state index contributed by atoms with van der Waals surface area (Å²) in [5.74, 6) is -0.191. The van der Waals surface area contributed by atoms with Gasteiger partial charge in [0.1, 0.15) is 12.1 Å². The third kappa shape index (κ3) is 4.30. The van der Waals surface area contributed by atoms with E-state index in [0.29, 0.717) is 10.0 Å². The van der Waals surface area contributed by atoms with Crippen molar-refractivity contribution in [3.8, 4) is 0 Å². The van der Waals surface area contributed by atoms with E-state index in [0.717, 1.165) is 25.9 Å². The molecule has 1 fully saturated rings. The van der Waals surface area contributed by atoms with Crippen molar-refractivity contribution < 1.29 is 9.90 Å². The molecule has 1 aliphatic rings. The number of aromatic nitrogens is 1. The number of pyridine rings is 1. The lowest BCUT2D eigenvalue weighted by atomic mass is 10.0. The predicted octanol–water partition coefficient (Wildman–Crippen LogP) is 1.67. The Morgan fingerprint density at radius 2 is 2.00 bits per heavy atom. The molecular weight excluding hydrogens is 369 g/mol. The summed E-state index contributed by atoms with van der Waals surface area (Å²) in [4.78, 5) is 17.7. The summed E-state index contributed by atoms with van der Waals surface area (Å²) in [6.07, 6.45) is 4.14. The minimum atomic E-state index is -1.02. The molecule has 0 saturated carbocycles. The van der Waals surface area contributed by atoms with Crippen LogP contribution in [0.2, 0.25) is 0 Å². The van der Waals surface area contributed by atoms with E-state index in [2.05, 4.69) is 20.9 Å². The maximum atomic E-state index is 12.1. The lowest BCUT2D eigenvalue weighted by Gasteiger charge is -2.24. The highest BCUT2D eigenvalue weighted by Gasteiger charge is 2.30. The monoisotopic (exact) mass is 385 g/mol. The number of nitrogens with zero attached hydrogens (tertiary/aromatic N) is 2. The van der Waals surface area contributed by atoms with Crippen LogP contribution < -0.4 is 5.73 Å². The Bertz CT molecular complexity index is 444. The average Bonchev–Trinajstić information content (AvgIpc) is 2.90. The number of halogens is 3. The SMILES string of the molecule is Cl.Cl.NC(C(=O)N1CCCC1)C(O)c1ccncc1Br. The van der Waals surface area contributed by atoms with Crippen molar-refractivity contribution in [3.05, 3.63) is 28.5 Å². The van der Waals surface area contributed by atoms with E-state index in [1.165, 1.54) is 0 Å². The molecule has 1 aromatic heterocycles. The van der Waals surface area contributed by atoms with Crippen molar-refractivity contribution in [1.29, 1.82) is 0 Å². The van der Waals surface area contributed by atoms with E-state index >= 15 is 0 Å². The van der Waals surface area contributed by atoms with Crippen molar-refractivity contribution in [2.24, 2.45) is 5.73 Å². The fraction of sp³-hybridized carbons (Fsp3) is 0.500. The highest BCUT2D eigenvalue weighted by molar-refractivity contribution is 9.10. The largest absolute Gasteiger partial charge is 0.386 e. The number of aliphatic hydroxyl groups is 1. The summed E-state index contributed by atoms with van der Waals surface area (Å²) >= 11 is 3.29. The number of likely N-dealkylation sites (tertiary alicyclic amines) is 1. The second-order valence-corrected chi connectivity index (χ2v) is 5.25. The zero-order valence-electron chi connectivity index (χ0n) is 10.7. The second-order valence-electron chi connectivity index (χ2n) is 4.40. The van der Waals surface area contributed by atoms with E-state index in [-0.39, 0.29) is 30.7 Å². The van der Waals surface area contributed by atoms with Gasteiger partial charge >= 0.3 is 0 Å². The topological polar surface area (TPSA) is 79.5 Å². The van der Waals surface area contributed by atoms with Crippen LogP contribution in [0.15, 0.2) is 22.9 Å². The van der Waals surface area contributed by atoms with Gasteiger partial charge in [-0.25, -0.2) is 0 Å². The van der Waals surface area contributed by atoms with Crippen LogP contribution in [-0.2, 0) is 4.79 Å². The number of carbonyl (C=O) groups excluding carboxylic acids is 1. The Balaban J connectivity index is 0.00000180. The second kappa shape index (κ2) is 8.79. The third-order valence-corrected chi connectivity index (χ3v) is 3.83. The summed E-state index contributed by atoms with van der Waals surface area (Å²) in [5, 5.41) is 10.2. The van der Waals surface area contributed by atoms with Crippen molar-refractivity contribution in [2.45, 2.75) is 25.0 Å². The normalized spacial score (nSPS) is 16.9. The molecule has 0 aromatic carbocycles. The number of hydrogen-bond donors (Lipinski definition) is 2. The van der Waals surface area contributed by atoms with Crippen LogP contribution in [0.5, 0.6) is 0 Å². The van der Waals surface area contributed by atoms with Gasteiger partial charge in [0.05, 0.1) is 0 Å². The van der Waals surface area contributed by atoms with Gasteiger partial charge in [-0.05, 0) is 40.4 Å². The first-order valence-corrected chi connectivity index (χ1v) is 6.72. The molecule has 1 amide bonds. The molecule has 20 heavy (non-hydrogen) atoms. The van der Waals surface area contributed by atoms with Crippen LogP contribution in [0.3, 0.4) is 0 Å². The summed E-state index contributed by atoms with van der Waals surface area (Å²) in [6, 6.07) is 0.730. The Labute approximate surface area is 138 Å². The number of rotatable bonds is 3. The Morgan fingerprint density at radius 3 is 2.55 bits per heavy atom. The van der Waals surface area contributed by atoms with Gasteiger partial charge in [-0.3, -0.25) is 9.78 Å². The summed E-state index contributed by atoms with van der Waals surface area (Å²) in [6.45, 7) is 1.47. The molecule has 0 spiro atoms. The minimum Gasteiger partial charge on any atom is -0.386 e. The van der Waals surface area contributed by atoms with Gasteiger partial charge in [-0.15, -0.1) is 24.8 Å². The van der Waals surface area contributed by atoms with Gasteiger partial charge in [-0.1, -0.05) is 0 Å². The molecule has 1 aromatic rings. The van der Waals surface area contributed by atoms with Crippen LogP contribution in [0.25, 0.3) is 0 Å². The number of amides is 1. The van der Waals surface area contributed by atoms with Crippen molar-refractivity contribution in [1.82, 2.24) is 9.88 Å². The molecule has 3 N–H and O–H groups in total. The average molecular weight is 387 g/mol. The zero-order valence-corrected chi connectivity index (χ0v) is 14.0. The minimum absolute atomic E-state index is 0. The highest BCUT2D eigenvalue weighted by Crippen LogP contribution is 2.25. The van der Waals surface area contributed by atoms with E-state index in [1.54, 1.807) is 23.4 Å². The molecule has 1 aliphatic heterocycles. The van der Waals surface area contributed by atoms with Gasteiger partial charge in [0.15, 0.2) is 0 Å². The quantitative estimate of drug-likeness (QED) is 0.827.